The van der Waals surface area contributed by atoms with Gasteiger partial charge in [0.1, 0.15) is 5.76 Å². The van der Waals surface area contributed by atoms with Crippen LogP contribution in [-0.4, -0.2) is 19.0 Å². The van der Waals surface area contributed by atoms with Crippen molar-refractivity contribution in [3.8, 4) is 0 Å². The molecular formula is C13H18O3. The van der Waals surface area contributed by atoms with Crippen LogP contribution in [0.15, 0.2) is 16.7 Å². The third-order valence-electron chi connectivity index (χ3n) is 3.18. The van der Waals surface area contributed by atoms with Crippen molar-refractivity contribution >= 4 is 5.78 Å². The van der Waals surface area contributed by atoms with Crippen molar-refractivity contribution in [2.24, 2.45) is 5.92 Å². The Morgan fingerprint density at radius 3 is 2.88 bits per heavy atom. The van der Waals surface area contributed by atoms with Crippen LogP contribution in [0.25, 0.3) is 0 Å². The molecule has 0 amide bonds. The zero-order valence-electron chi connectivity index (χ0n) is 9.70. The molecule has 1 aromatic rings. The lowest BCUT2D eigenvalue weighted by Gasteiger charge is -2.21. The number of carbonyl (C=O) groups excluding carboxylic acids is 1. The van der Waals surface area contributed by atoms with Gasteiger partial charge in [0.05, 0.1) is 11.8 Å². The van der Waals surface area contributed by atoms with Crippen molar-refractivity contribution in [2.45, 2.75) is 32.6 Å². The summed E-state index contributed by atoms with van der Waals surface area (Å²) in [7, 11) is 0. The van der Waals surface area contributed by atoms with Gasteiger partial charge in [-0.3, -0.25) is 4.79 Å². The largest absolute Gasteiger partial charge is 0.469 e. The Morgan fingerprint density at radius 2 is 2.19 bits per heavy atom. The summed E-state index contributed by atoms with van der Waals surface area (Å²) in [4.78, 5) is 12.1. The quantitative estimate of drug-likeness (QED) is 0.735. The Morgan fingerprint density at radius 1 is 1.44 bits per heavy atom. The molecule has 0 aliphatic carbocycles. The number of rotatable bonds is 4. The minimum atomic E-state index is 0.220. The summed E-state index contributed by atoms with van der Waals surface area (Å²) in [6.45, 7) is 3.60. The maximum Gasteiger partial charge on any atom is 0.166 e. The van der Waals surface area contributed by atoms with E-state index in [4.69, 9.17) is 9.15 Å². The molecule has 16 heavy (non-hydrogen) atoms. The monoisotopic (exact) mass is 222 g/mol. The first-order valence-corrected chi connectivity index (χ1v) is 5.98. The first-order valence-electron chi connectivity index (χ1n) is 5.98. The molecule has 1 aliphatic heterocycles. The van der Waals surface area contributed by atoms with Crippen LogP contribution in [0.5, 0.6) is 0 Å². The molecular weight excluding hydrogens is 204 g/mol. The van der Waals surface area contributed by atoms with E-state index in [-0.39, 0.29) is 5.78 Å². The molecule has 1 aliphatic rings. The molecule has 3 heteroatoms. The molecule has 0 saturated carbocycles. The SMILES string of the molecule is CCc1occc1C(=O)CC1CCOCC1. The van der Waals surface area contributed by atoms with E-state index in [1.807, 2.05) is 6.92 Å². The smallest absolute Gasteiger partial charge is 0.166 e. The summed E-state index contributed by atoms with van der Waals surface area (Å²) in [6, 6.07) is 1.79. The standard InChI is InChI=1S/C13H18O3/c1-2-13-11(5-8-16-13)12(14)9-10-3-6-15-7-4-10/h5,8,10H,2-4,6-7,9H2,1H3. The van der Waals surface area contributed by atoms with E-state index in [0.29, 0.717) is 12.3 Å². The molecule has 0 bridgehead atoms. The first-order chi connectivity index (χ1) is 7.81. The molecule has 2 heterocycles. The molecule has 1 aromatic heterocycles. The van der Waals surface area contributed by atoms with Crippen molar-refractivity contribution in [2.75, 3.05) is 13.2 Å². The zero-order chi connectivity index (χ0) is 11.4. The van der Waals surface area contributed by atoms with Crippen LogP contribution >= 0.6 is 0 Å². The Balaban J connectivity index is 1.96. The Kier molecular flexibility index (Phi) is 3.78. The molecule has 1 saturated heterocycles. The van der Waals surface area contributed by atoms with E-state index in [2.05, 4.69) is 0 Å². The molecule has 0 radical (unpaired) electrons. The fraction of sp³-hybridized carbons (Fsp3) is 0.615. The molecule has 0 aromatic carbocycles. The van der Waals surface area contributed by atoms with Crippen molar-refractivity contribution in [3.63, 3.8) is 0 Å². The van der Waals surface area contributed by atoms with E-state index < -0.39 is 0 Å². The van der Waals surface area contributed by atoms with Gasteiger partial charge in [0.2, 0.25) is 0 Å². The van der Waals surface area contributed by atoms with Gasteiger partial charge < -0.3 is 9.15 Å². The average molecular weight is 222 g/mol. The fourth-order valence-electron chi connectivity index (χ4n) is 2.19. The van der Waals surface area contributed by atoms with Crippen molar-refractivity contribution in [1.82, 2.24) is 0 Å². The maximum atomic E-state index is 12.1. The van der Waals surface area contributed by atoms with Gasteiger partial charge in [-0.15, -0.1) is 0 Å². The fourth-order valence-corrected chi connectivity index (χ4v) is 2.19. The van der Waals surface area contributed by atoms with Gasteiger partial charge in [-0.25, -0.2) is 0 Å². The number of aryl methyl sites for hydroxylation is 1. The second-order valence-corrected chi connectivity index (χ2v) is 4.29. The van der Waals surface area contributed by atoms with Gasteiger partial charge in [-0.1, -0.05) is 6.92 Å². The summed E-state index contributed by atoms with van der Waals surface area (Å²) >= 11 is 0. The Labute approximate surface area is 95.8 Å². The number of furan rings is 1. The lowest BCUT2D eigenvalue weighted by Crippen LogP contribution is -2.19. The number of hydrogen-bond donors (Lipinski definition) is 0. The number of ether oxygens (including phenoxy) is 1. The zero-order valence-corrected chi connectivity index (χ0v) is 9.70. The van der Waals surface area contributed by atoms with Crippen molar-refractivity contribution < 1.29 is 13.9 Å². The molecule has 88 valence electrons. The van der Waals surface area contributed by atoms with Gasteiger partial charge in [-0.2, -0.15) is 0 Å². The normalized spacial score (nSPS) is 17.6. The predicted octanol–water partition coefficient (Wildman–Crippen LogP) is 2.84. The van der Waals surface area contributed by atoms with E-state index in [0.717, 1.165) is 43.8 Å². The highest BCUT2D eigenvalue weighted by Crippen LogP contribution is 2.22. The van der Waals surface area contributed by atoms with Crippen LogP contribution in [0.3, 0.4) is 0 Å². The minimum Gasteiger partial charge on any atom is -0.469 e. The first kappa shape index (κ1) is 11.4. The van der Waals surface area contributed by atoms with E-state index in [1.54, 1.807) is 12.3 Å². The highest BCUT2D eigenvalue weighted by Gasteiger charge is 2.20. The maximum absolute atomic E-state index is 12.1. The van der Waals surface area contributed by atoms with Crippen LogP contribution < -0.4 is 0 Å². The molecule has 0 N–H and O–H groups in total. The summed E-state index contributed by atoms with van der Waals surface area (Å²) < 4.78 is 10.6. The van der Waals surface area contributed by atoms with Gasteiger partial charge in [0.25, 0.3) is 0 Å². The van der Waals surface area contributed by atoms with Gasteiger partial charge in [-0.05, 0) is 24.8 Å². The molecule has 3 nitrogen and oxygen atoms in total. The number of hydrogen-bond acceptors (Lipinski definition) is 3. The van der Waals surface area contributed by atoms with E-state index >= 15 is 0 Å². The van der Waals surface area contributed by atoms with Crippen molar-refractivity contribution in [1.29, 1.82) is 0 Å². The van der Waals surface area contributed by atoms with Crippen molar-refractivity contribution in [3.05, 3.63) is 23.7 Å². The molecule has 0 atom stereocenters. The van der Waals surface area contributed by atoms with Crippen LogP contribution in [0.1, 0.15) is 42.3 Å². The summed E-state index contributed by atoms with van der Waals surface area (Å²) in [5, 5.41) is 0. The molecule has 1 fully saturated rings. The van der Waals surface area contributed by atoms with Gasteiger partial charge in [0, 0.05) is 26.1 Å². The third kappa shape index (κ3) is 2.53. The molecule has 0 unspecified atom stereocenters. The Hall–Kier alpha value is -1.09. The van der Waals surface area contributed by atoms with Crippen LogP contribution in [0.4, 0.5) is 0 Å². The number of Topliss-reactive ketones (excluding diaryl/α,β-unsaturated/α-hetero) is 1. The highest BCUT2D eigenvalue weighted by atomic mass is 16.5. The third-order valence-corrected chi connectivity index (χ3v) is 3.18. The predicted molar refractivity (Wildman–Crippen MR) is 60.6 cm³/mol. The topological polar surface area (TPSA) is 39.4 Å². The highest BCUT2D eigenvalue weighted by molar-refractivity contribution is 5.97. The second-order valence-electron chi connectivity index (χ2n) is 4.29. The minimum absolute atomic E-state index is 0.220. The average Bonchev–Trinajstić information content (AvgIpc) is 2.78. The summed E-state index contributed by atoms with van der Waals surface area (Å²) in [5.41, 5.74) is 0.772. The summed E-state index contributed by atoms with van der Waals surface area (Å²) in [6.07, 6.45) is 5.03. The number of ketones is 1. The number of carbonyl (C=O) groups is 1. The van der Waals surface area contributed by atoms with Crippen LogP contribution in [-0.2, 0) is 11.2 Å². The van der Waals surface area contributed by atoms with E-state index in [9.17, 15) is 4.79 Å². The lowest BCUT2D eigenvalue weighted by molar-refractivity contribution is 0.0600. The lowest BCUT2D eigenvalue weighted by atomic mass is 9.92. The van der Waals surface area contributed by atoms with E-state index in [1.165, 1.54) is 0 Å². The summed E-state index contributed by atoms with van der Waals surface area (Å²) in [5.74, 6) is 1.52. The van der Waals surface area contributed by atoms with Crippen LogP contribution in [0.2, 0.25) is 0 Å². The van der Waals surface area contributed by atoms with Crippen LogP contribution in [0, 0.1) is 5.92 Å². The van der Waals surface area contributed by atoms with Gasteiger partial charge >= 0.3 is 0 Å². The molecule has 2 rings (SSSR count). The second kappa shape index (κ2) is 5.30. The Bertz CT molecular complexity index is 348. The van der Waals surface area contributed by atoms with Gasteiger partial charge in [0.15, 0.2) is 5.78 Å². The molecule has 0 spiro atoms.